The summed E-state index contributed by atoms with van der Waals surface area (Å²) in [5.41, 5.74) is 0. The van der Waals surface area contributed by atoms with Crippen molar-refractivity contribution >= 4 is 12.9 Å². The summed E-state index contributed by atoms with van der Waals surface area (Å²) in [5.74, 6) is 1.37. The second-order valence-electron chi connectivity index (χ2n) is 3.15. The van der Waals surface area contributed by atoms with Gasteiger partial charge in [-0.3, -0.25) is 0 Å². The van der Waals surface area contributed by atoms with E-state index in [-0.39, 0.29) is 53.8 Å². The number of carbonyl (C=O) groups excluding carboxylic acids is 2. The fourth-order valence-corrected chi connectivity index (χ4v) is 0.995. The minimum absolute atomic E-state index is 0. The molecule has 0 N–H and O–H groups in total. The van der Waals surface area contributed by atoms with Gasteiger partial charge in [0, 0.05) is 45.6 Å². The van der Waals surface area contributed by atoms with Gasteiger partial charge >= 0.3 is 21.1 Å². The molecule has 23 heavy (non-hydrogen) atoms. The van der Waals surface area contributed by atoms with Crippen molar-refractivity contribution in [2.45, 2.75) is 0 Å². The minimum atomic E-state index is 0. The molecule has 0 aliphatic carbocycles. The number of methoxy groups -OCH3 is 2. The van der Waals surface area contributed by atoms with Crippen molar-refractivity contribution in [3.05, 3.63) is 60.7 Å². The first-order valence-corrected chi connectivity index (χ1v) is 5.68. The number of benzene rings is 2. The van der Waals surface area contributed by atoms with Crippen LogP contribution in [0.25, 0.3) is 0 Å². The van der Waals surface area contributed by atoms with E-state index in [9.17, 15) is 4.79 Å². The molecule has 0 heterocycles. The van der Waals surface area contributed by atoms with E-state index in [2.05, 4.69) is 21.6 Å². The number of hydrogen-bond acceptors (Lipinski definition) is 5. The van der Waals surface area contributed by atoms with Gasteiger partial charge in [-0.1, -0.05) is 6.47 Å². The van der Waals surface area contributed by atoms with Gasteiger partial charge in [-0.15, -0.1) is 17.9 Å². The quantitative estimate of drug-likeness (QED) is 0.538. The molecule has 0 unspecified atom stereocenters. The van der Waals surface area contributed by atoms with Gasteiger partial charge in [0.1, 0.15) is 0 Å². The van der Waals surface area contributed by atoms with Crippen LogP contribution in [0.3, 0.4) is 0 Å². The van der Waals surface area contributed by atoms with Gasteiger partial charge in [-0.25, -0.2) is 12.1 Å². The van der Waals surface area contributed by atoms with E-state index in [4.69, 9.17) is 9.53 Å². The Bertz CT molecular complexity index is 482. The van der Waals surface area contributed by atoms with Crippen molar-refractivity contribution in [2.75, 3.05) is 14.2 Å². The average Bonchev–Trinajstić information content (AvgIpc) is 2.58. The molecule has 7 heteroatoms. The van der Waals surface area contributed by atoms with Crippen molar-refractivity contribution in [1.82, 2.24) is 0 Å². The van der Waals surface area contributed by atoms with Gasteiger partial charge in [0.25, 0.3) is 0 Å². The Labute approximate surface area is 175 Å². The van der Waals surface area contributed by atoms with Gasteiger partial charge in [-0.05, 0) is 0 Å². The van der Waals surface area contributed by atoms with E-state index >= 15 is 0 Å². The fourth-order valence-electron chi connectivity index (χ4n) is 0.995. The van der Waals surface area contributed by atoms with Gasteiger partial charge < -0.3 is 23.8 Å². The summed E-state index contributed by atoms with van der Waals surface area (Å²) in [6.07, 6.45) is 0. The predicted octanol–water partition coefficient (Wildman–Crippen LogP) is 2.12. The zero-order valence-corrected chi connectivity index (χ0v) is 18.4. The Hall–Kier alpha value is -1.03. The molecule has 1 radical (unpaired) electrons. The second-order valence-corrected chi connectivity index (χ2v) is 3.15. The van der Waals surface area contributed by atoms with E-state index < -0.39 is 0 Å². The number of hydrogen-bond donors (Lipinski definition) is 0. The van der Waals surface area contributed by atoms with Crippen LogP contribution in [0.5, 0.6) is 11.5 Å². The molecule has 5 nitrogen and oxygen atoms in total. The van der Waals surface area contributed by atoms with Crippen LogP contribution < -0.4 is 9.47 Å². The standard InChI is InChI=1S/C7H4O2.C7H7O.C2H3O2.W.Y/c8-6-9-7-4-2-1-3-5-7;1-8-7-5-3-2-4-6-7;1-4-2-3;;/h2-5H;3-6H,1H3;1H3;;/q-2;2*-1;+2;. The SMILES string of the molecule is CO[C-]=O.COc1cc[c-]cc1.O=[C-]Oc1cc[c-]cc1.[W+2].[Y]. The number of rotatable bonds is 4. The maximum absolute atomic E-state index is 9.62. The first-order valence-electron chi connectivity index (χ1n) is 5.68. The molecule has 0 fully saturated rings. The topological polar surface area (TPSA) is 61.8 Å². The van der Waals surface area contributed by atoms with Crippen LogP contribution in [0.15, 0.2) is 48.5 Å². The Kier molecular flexibility index (Phi) is 24.5. The summed E-state index contributed by atoms with van der Waals surface area (Å²) in [6.45, 7) is 2.50. The summed E-state index contributed by atoms with van der Waals surface area (Å²) in [5, 5.41) is 0. The molecular formula is C16H14O5WY-2. The molecule has 0 spiro atoms. The Balaban J connectivity index is -0.000000267. The maximum atomic E-state index is 9.62. The Morgan fingerprint density at radius 1 is 0.826 bits per heavy atom. The monoisotopic (exact) mass is 559 g/mol. The molecule has 0 aliphatic rings. The van der Waals surface area contributed by atoms with Crippen molar-refractivity contribution in [1.29, 1.82) is 0 Å². The predicted molar refractivity (Wildman–Crippen MR) is 76.1 cm³/mol. The smallest absolute Gasteiger partial charge is 0.655 e. The fraction of sp³-hybridized carbons (Fsp3) is 0.125. The third-order valence-corrected chi connectivity index (χ3v) is 1.85. The van der Waals surface area contributed by atoms with E-state index in [0.717, 1.165) is 5.75 Å². The average molecular weight is 559 g/mol. The largest absolute Gasteiger partial charge is 2.00 e. The molecule has 0 bridgehead atoms. The van der Waals surface area contributed by atoms with Crippen LogP contribution in [0.2, 0.25) is 0 Å². The Morgan fingerprint density at radius 2 is 1.22 bits per heavy atom. The molecule has 0 aliphatic heterocycles. The summed E-state index contributed by atoms with van der Waals surface area (Å²) >= 11 is 0. The van der Waals surface area contributed by atoms with E-state index in [1.54, 1.807) is 31.4 Å². The van der Waals surface area contributed by atoms with Crippen molar-refractivity contribution < 1.29 is 77.6 Å². The van der Waals surface area contributed by atoms with E-state index in [0.29, 0.717) is 5.75 Å². The van der Waals surface area contributed by atoms with Crippen LogP contribution in [-0.4, -0.2) is 27.2 Å². The molecule has 0 saturated heterocycles. The molecule has 0 amide bonds. The van der Waals surface area contributed by atoms with Crippen molar-refractivity contribution in [3.8, 4) is 11.5 Å². The van der Waals surface area contributed by atoms with Crippen LogP contribution in [-0.2, 0) is 68.1 Å². The van der Waals surface area contributed by atoms with Gasteiger partial charge in [0.15, 0.2) is 6.47 Å². The summed E-state index contributed by atoms with van der Waals surface area (Å²) < 4.78 is 13.0. The molecular weight excluding hydrogens is 545 g/mol. The Morgan fingerprint density at radius 3 is 1.48 bits per heavy atom. The normalized spacial score (nSPS) is 7.22. The van der Waals surface area contributed by atoms with Crippen LogP contribution in [0.1, 0.15) is 0 Å². The third kappa shape index (κ3) is 17.2. The first-order chi connectivity index (χ1) is 10.3. The minimum Gasteiger partial charge on any atom is -0.655 e. The number of ether oxygens (including phenoxy) is 3. The molecule has 119 valence electrons. The van der Waals surface area contributed by atoms with Crippen LogP contribution in [0.4, 0.5) is 0 Å². The van der Waals surface area contributed by atoms with Crippen LogP contribution in [0, 0.1) is 12.1 Å². The zero-order valence-electron chi connectivity index (χ0n) is 12.6. The van der Waals surface area contributed by atoms with E-state index in [1.165, 1.54) is 20.1 Å². The van der Waals surface area contributed by atoms with Crippen molar-refractivity contribution in [2.24, 2.45) is 0 Å². The van der Waals surface area contributed by atoms with Crippen molar-refractivity contribution in [3.63, 3.8) is 0 Å². The van der Waals surface area contributed by atoms with Crippen LogP contribution >= 0.6 is 0 Å². The molecule has 2 aromatic carbocycles. The molecule has 0 saturated carbocycles. The van der Waals surface area contributed by atoms with Gasteiger partial charge in [0.2, 0.25) is 0 Å². The molecule has 2 aromatic rings. The molecule has 0 atom stereocenters. The van der Waals surface area contributed by atoms with Gasteiger partial charge in [0.05, 0.1) is 7.11 Å². The molecule has 0 aromatic heterocycles. The summed E-state index contributed by atoms with van der Waals surface area (Å²) in [4.78, 5) is 18.4. The summed E-state index contributed by atoms with van der Waals surface area (Å²) in [7, 11) is 2.91. The molecule has 2 rings (SSSR count). The third-order valence-electron chi connectivity index (χ3n) is 1.85. The second kappa shape index (κ2) is 21.0. The van der Waals surface area contributed by atoms with E-state index in [1.807, 2.05) is 24.3 Å². The zero-order chi connectivity index (χ0) is 15.8. The summed E-state index contributed by atoms with van der Waals surface area (Å²) in [6, 6.07) is 19.6. The maximum Gasteiger partial charge on any atom is 2.00 e. The van der Waals surface area contributed by atoms with Gasteiger partial charge in [-0.2, -0.15) is 36.4 Å². The first kappa shape index (κ1) is 26.8.